The summed E-state index contributed by atoms with van der Waals surface area (Å²) >= 11 is 0. The lowest BCUT2D eigenvalue weighted by Crippen LogP contribution is -2.13. The summed E-state index contributed by atoms with van der Waals surface area (Å²) in [5, 5.41) is 0. The molecular formula is C5H9N2O3P. The number of Topliss-reactive ketones (excluding diaryl/α,β-unsaturated/α-hetero) is 1. The van der Waals surface area contributed by atoms with Crippen LogP contribution in [0.2, 0.25) is 0 Å². The maximum atomic E-state index is 10.9. The zero-order valence-corrected chi connectivity index (χ0v) is 7.46. The lowest BCUT2D eigenvalue weighted by atomic mass is 10.5. The normalized spacial score (nSPS) is 10.1. The first-order valence-electron chi connectivity index (χ1n) is 2.84. The van der Waals surface area contributed by atoms with Crippen molar-refractivity contribution in [2.45, 2.75) is 6.92 Å². The fourth-order valence-corrected chi connectivity index (χ4v) is 0.943. The molecule has 0 fully saturated rings. The van der Waals surface area contributed by atoms with E-state index in [1.165, 1.54) is 13.3 Å². The van der Waals surface area contributed by atoms with Crippen LogP contribution in [0.3, 0.4) is 0 Å². The molecule has 62 valence electrons. The van der Waals surface area contributed by atoms with Crippen LogP contribution in [0.5, 0.6) is 0 Å². The van der Waals surface area contributed by atoms with Gasteiger partial charge in [-0.15, -0.1) is 4.79 Å². The van der Waals surface area contributed by atoms with Crippen molar-refractivity contribution in [2.24, 2.45) is 0 Å². The Kier molecular flexibility index (Phi) is 3.18. The molecule has 0 N–H and O–H groups in total. The molecule has 6 heteroatoms. The minimum absolute atomic E-state index is 0.515. The highest BCUT2D eigenvalue weighted by atomic mass is 31.2. The molecule has 0 aliphatic heterocycles. The van der Waals surface area contributed by atoms with Crippen molar-refractivity contribution in [3.05, 3.63) is 5.53 Å². The fraction of sp³-hybridized carbons (Fsp3) is 0.600. The van der Waals surface area contributed by atoms with Crippen LogP contribution >= 0.6 is 7.37 Å². The van der Waals surface area contributed by atoms with Crippen molar-refractivity contribution in [1.82, 2.24) is 0 Å². The van der Waals surface area contributed by atoms with Crippen LogP contribution in [0.15, 0.2) is 0 Å². The fourth-order valence-electron chi connectivity index (χ4n) is 0.361. The van der Waals surface area contributed by atoms with Crippen LogP contribution in [0.1, 0.15) is 6.92 Å². The largest absolute Gasteiger partial charge is 0.523 e. The van der Waals surface area contributed by atoms with Gasteiger partial charge in [0.15, 0.2) is 0 Å². The Balaban J connectivity index is 4.50. The van der Waals surface area contributed by atoms with Gasteiger partial charge in [0.25, 0.3) is 5.78 Å². The molecule has 11 heavy (non-hydrogen) atoms. The molecule has 0 rings (SSSR count). The van der Waals surface area contributed by atoms with E-state index in [2.05, 4.69) is 9.31 Å². The quantitative estimate of drug-likeness (QED) is 0.205. The Morgan fingerprint density at radius 1 is 1.55 bits per heavy atom. The molecule has 0 radical (unpaired) electrons. The van der Waals surface area contributed by atoms with Crippen molar-refractivity contribution < 1.29 is 18.7 Å². The van der Waals surface area contributed by atoms with E-state index < -0.39 is 19.0 Å². The topological polar surface area (TPSA) is 79.8 Å². The second kappa shape index (κ2) is 3.46. The number of carbonyl (C=O) groups excluding carboxylic acids is 1. The van der Waals surface area contributed by atoms with Gasteiger partial charge >= 0.3 is 5.90 Å². The van der Waals surface area contributed by atoms with Gasteiger partial charge in [-0.3, -0.25) is 9.36 Å². The number of hydrogen-bond acceptors (Lipinski definition) is 3. The molecule has 0 bridgehead atoms. The van der Waals surface area contributed by atoms with E-state index in [4.69, 9.17) is 5.53 Å². The van der Waals surface area contributed by atoms with Crippen LogP contribution in [-0.4, -0.2) is 29.8 Å². The summed E-state index contributed by atoms with van der Waals surface area (Å²) in [6.45, 7) is 3.80. The molecule has 0 aliphatic carbocycles. The lowest BCUT2D eigenvalue weighted by Gasteiger charge is -2.02. The number of nitrogens with zero attached hydrogens (tertiary/aromatic N) is 2. The summed E-state index contributed by atoms with van der Waals surface area (Å²) in [5.74, 6) is -1.07. The molecule has 0 aromatic carbocycles. The van der Waals surface area contributed by atoms with Gasteiger partial charge in [-0.25, -0.2) is 0 Å². The summed E-state index contributed by atoms with van der Waals surface area (Å²) in [6.07, 6.45) is 0. The Hall–Kier alpha value is -0.920. The number of rotatable bonds is 2. The van der Waals surface area contributed by atoms with E-state index in [1.807, 2.05) is 0 Å². The average molecular weight is 176 g/mol. The maximum Gasteiger partial charge on any atom is 0.523 e. The first kappa shape index (κ1) is 10.1. The minimum atomic E-state index is -2.80. The molecule has 5 nitrogen and oxygen atoms in total. The van der Waals surface area contributed by atoms with Gasteiger partial charge in [-0.1, -0.05) is 0 Å². The van der Waals surface area contributed by atoms with E-state index >= 15 is 0 Å². The molecule has 0 amide bonds. The summed E-state index contributed by atoms with van der Waals surface area (Å²) in [6, 6.07) is 0. The predicted molar refractivity (Wildman–Crippen MR) is 39.8 cm³/mol. The zero-order chi connectivity index (χ0) is 9.07. The van der Waals surface area contributed by atoms with Crippen LogP contribution in [0.4, 0.5) is 0 Å². The summed E-state index contributed by atoms with van der Waals surface area (Å²) in [4.78, 5) is 13.1. The first-order valence-corrected chi connectivity index (χ1v) is 5.36. The van der Waals surface area contributed by atoms with Gasteiger partial charge in [0.05, 0.1) is 0 Å². The predicted octanol–water partition coefficient (Wildman–Crippen LogP) is 0.758. The molecule has 0 atom stereocenters. The van der Waals surface area contributed by atoms with E-state index in [0.717, 1.165) is 6.92 Å². The van der Waals surface area contributed by atoms with Gasteiger partial charge in [0, 0.05) is 20.3 Å². The Labute approximate surface area is 64.4 Å². The van der Waals surface area contributed by atoms with Gasteiger partial charge in [0.1, 0.15) is 0 Å². The van der Waals surface area contributed by atoms with E-state index in [0.29, 0.717) is 0 Å². The van der Waals surface area contributed by atoms with Crippen LogP contribution in [-0.2, 0) is 13.9 Å². The maximum absolute atomic E-state index is 10.9. The molecule has 0 aliphatic rings. The van der Waals surface area contributed by atoms with E-state index in [1.54, 1.807) is 0 Å². The van der Waals surface area contributed by atoms with Gasteiger partial charge in [-0.2, -0.15) is 0 Å². The molecule has 0 spiro atoms. The molecule has 0 saturated carbocycles. The van der Waals surface area contributed by atoms with Gasteiger partial charge < -0.3 is 10.1 Å². The van der Waals surface area contributed by atoms with Gasteiger partial charge in [-0.05, 0) is 0 Å². The average Bonchev–Trinajstić information content (AvgIpc) is 1.80. The third-order valence-corrected chi connectivity index (χ3v) is 1.31. The first-order chi connectivity index (χ1) is 4.87. The molecule has 0 heterocycles. The van der Waals surface area contributed by atoms with E-state index in [9.17, 15) is 9.36 Å². The molecule has 0 saturated heterocycles. The van der Waals surface area contributed by atoms with Crippen molar-refractivity contribution in [2.75, 3.05) is 13.3 Å². The summed E-state index contributed by atoms with van der Waals surface area (Å²) in [5.41, 5.74) is 8.18. The summed E-state index contributed by atoms with van der Waals surface area (Å²) < 4.78 is 15.5. The second-order valence-electron chi connectivity index (χ2n) is 2.30. The standard InChI is InChI=1S/C5H9N2O3P/c1-4(8)5(7-6)10-11(2,3)9/h1-3H3. The smallest absolute Gasteiger partial charge is 0.377 e. The monoisotopic (exact) mass is 176 g/mol. The summed E-state index contributed by atoms with van der Waals surface area (Å²) in [7, 11) is -2.80. The van der Waals surface area contributed by atoms with Crippen LogP contribution < -0.4 is 0 Å². The molecule has 0 aromatic rings. The van der Waals surface area contributed by atoms with Crippen molar-refractivity contribution in [1.29, 1.82) is 0 Å². The minimum Gasteiger partial charge on any atom is -0.377 e. The number of hydrogen-bond donors (Lipinski definition) is 0. The third kappa shape index (κ3) is 4.48. The Morgan fingerprint density at radius 3 is 2.09 bits per heavy atom. The van der Waals surface area contributed by atoms with E-state index in [-0.39, 0.29) is 0 Å². The van der Waals surface area contributed by atoms with Crippen LogP contribution in [0, 0.1) is 0 Å². The number of ketones is 1. The third-order valence-electron chi connectivity index (χ3n) is 0.698. The molecular weight excluding hydrogens is 167 g/mol. The van der Waals surface area contributed by atoms with Crippen molar-refractivity contribution in [3.8, 4) is 0 Å². The number of carbonyl (C=O) groups is 1. The second-order valence-corrected chi connectivity index (χ2v) is 4.99. The highest BCUT2D eigenvalue weighted by molar-refractivity contribution is 7.57. The zero-order valence-electron chi connectivity index (χ0n) is 6.57. The SMILES string of the molecule is CC(=O)C(=[N+]=[N-])OP(C)(C)=O. The highest BCUT2D eigenvalue weighted by Crippen LogP contribution is 2.37. The van der Waals surface area contributed by atoms with Crippen molar-refractivity contribution in [3.63, 3.8) is 0 Å². The molecule has 0 aromatic heterocycles. The van der Waals surface area contributed by atoms with Crippen LogP contribution in [0.25, 0.3) is 5.53 Å². The van der Waals surface area contributed by atoms with Gasteiger partial charge in [0.2, 0.25) is 7.37 Å². The Bertz CT molecular complexity index is 261. The lowest BCUT2D eigenvalue weighted by molar-refractivity contribution is -0.118. The Morgan fingerprint density at radius 2 is 2.00 bits per heavy atom. The van der Waals surface area contributed by atoms with Crippen molar-refractivity contribution >= 4 is 19.0 Å². The highest BCUT2D eigenvalue weighted by Gasteiger charge is 2.23. The molecule has 0 unspecified atom stereocenters.